The summed E-state index contributed by atoms with van der Waals surface area (Å²) in [6.45, 7) is 1.67. The standard InChI is InChI=1S/C10H10ClNO2S/c1-2-9(7-12)15(13,14)10-5-3-8(11)4-6-10/h3-6,9H,2H2,1H3. The van der Waals surface area contributed by atoms with Gasteiger partial charge in [-0.3, -0.25) is 0 Å². The number of benzene rings is 1. The number of sulfone groups is 1. The summed E-state index contributed by atoms with van der Waals surface area (Å²) < 4.78 is 23.7. The van der Waals surface area contributed by atoms with Crippen molar-refractivity contribution in [1.29, 1.82) is 5.26 Å². The van der Waals surface area contributed by atoms with E-state index in [-0.39, 0.29) is 11.3 Å². The molecular formula is C10H10ClNO2S. The molecule has 1 rings (SSSR count). The first-order valence-electron chi connectivity index (χ1n) is 4.41. The molecule has 1 aromatic rings. The smallest absolute Gasteiger partial charge is 0.194 e. The Bertz CT molecular complexity index is 473. The van der Waals surface area contributed by atoms with Gasteiger partial charge in [0.15, 0.2) is 15.1 Å². The van der Waals surface area contributed by atoms with Crippen LogP contribution >= 0.6 is 11.6 Å². The molecule has 5 heteroatoms. The van der Waals surface area contributed by atoms with Gasteiger partial charge in [-0.25, -0.2) is 8.42 Å². The van der Waals surface area contributed by atoms with Crippen LogP contribution in [0.4, 0.5) is 0 Å². The van der Waals surface area contributed by atoms with Gasteiger partial charge in [0.25, 0.3) is 0 Å². The second-order valence-electron chi connectivity index (χ2n) is 3.02. The fraction of sp³-hybridized carbons (Fsp3) is 0.300. The van der Waals surface area contributed by atoms with E-state index in [1.165, 1.54) is 24.3 Å². The van der Waals surface area contributed by atoms with Crippen LogP contribution < -0.4 is 0 Å². The van der Waals surface area contributed by atoms with E-state index in [0.717, 1.165) is 0 Å². The van der Waals surface area contributed by atoms with Gasteiger partial charge in [-0.1, -0.05) is 18.5 Å². The quantitative estimate of drug-likeness (QED) is 0.819. The summed E-state index contributed by atoms with van der Waals surface area (Å²) in [6.07, 6.45) is 0.279. The molecule has 0 aliphatic heterocycles. The molecule has 0 N–H and O–H groups in total. The maximum absolute atomic E-state index is 11.8. The van der Waals surface area contributed by atoms with Crippen molar-refractivity contribution in [3.63, 3.8) is 0 Å². The molecule has 3 nitrogen and oxygen atoms in total. The Balaban J connectivity index is 3.18. The Hall–Kier alpha value is -1.05. The average molecular weight is 244 g/mol. The summed E-state index contributed by atoms with van der Waals surface area (Å²) in [6, 6.07) is 7.61. The van der Waals surface area contributed by atoms with Crippen LogP contribution in [0.5, 0.6) is 0 Å². The van der Waals surface area contributed by atoms with Gasteiger partial charge in [-0.2, -0.15) is 5.26 Å². The van der Waals surface area contributed by atoms with E-state index in [2.05, 4.69) is 0 Å². The van der Waals surface area contributed by atoms with Crippen LogP contribution in [0.2, 0.25) is 5.02 Å². The second kappa shape index (κ2) is 4.65. The monoisotopic (exact) mass is 243 g/mol. The maximum atomic E-state index is 11.8. The zero-order chi connectivity index (χ0) is 11.5. The number of hydrogen-bond acceptors (Lipinski definition) is 3. The van der Waals surface area contributed by atoms with E-state index in [4.69, 9.17) is 16.9 Å². The van der Waals surface area contributed by atoms with Crippen LogP contribution in [0.1, 0.15) is 13.3 Å². The summed E-state index contributed by atoms with van der Waals surface area (Å²) in [4.78, 5) is 0.139. The molecule has 0 heterocycles. The van der Waals surface area contributed by atoms with Crippen LogP contribution in [0.15, 0.2) is 29.2 Å². The number of halogens is 1. The average Bonchev–Trinajstić information content (AvgIpc) is 2.19. The molecule has 0 amide bonds. The number of hydrogen-bond donors (Lipinski definition) is 0. The Morgan fingerprint density at radius 2 is 1.93 bits per heavy atom. The van der Waals surface area contributed by atoms with Crippen LogP contribution in [-0.4, -0.2) is 13.7 Å². The lowest BCUT2D eigenvalue weighted by atomic mass is 10.4. The van der Waals surface area contributed by atoms with E-state index in [9.17, 15) is 8.42 Å². The SMILES string of the molecule is CCC(C#N)S(=O)(=O)c1ccc(Cl)cc1. The first-order chi connectivity index (χ1) is 7.02. The molecule has 0 aliphatic carbocycles. The third kappa shape index (κ3) is 2.49. The van der Waals surface area contributed by atoms with Crippen LogP contribution in [0, 0.1) is 11.3 Å². The van der Waals surface area contributed by atoms with Crippen LogP contribution in [0.3, 0.4) is 0 Å². The summed E-state index contributed by atoms with van der Waals surface area (Å²) in [7, 11) is -3.54. The molecule has 0 spiro atoms. The molecule has 0 bridgehead atoms. The Morgan fingerprint density at radius 1 is 1.40 bits per heavy atom. The third-order valence-corrected chi connectivity index (χ3v) is 4.40. The first-order valence-corrected chi connectivity index (χ1v) is 6.34. The zero-order valence-corrected chi connectivity index (χ0v) is 9.72. The van der Waals surface area contributed by atoms with Gasteiger partial charge in [0.1, 0.15) is 0 Å². The minimum Gasteiger partial charge on any atom is -0.222 e. The van der Waals surface area contributed by atoms with Crippen molar-refractivity contribution in [2.75, 3.05) is 0 Å². The van der Waals surface area contributed by atoms with E-state index in [0.29, 0.717) is 5.02 Å². The molecule has 0 aromatic heterocycles. The highest BCUT2D eigenvalue weighted by molar-refractivity contribution is 7.92. The van der Waals surface area contributed by atoms with Gasteiger partial charge in [0, 0.05) is 5.02 Å². The Morgan fingerprint density at radius 3 is 2.33 bits per heavy atom. The zero-order valence-electron chi connectivity index (χ0n) is 8.14. The van der Waals surface area contributed by atoms with Gasteiger partial charge in [0.05, 0.1) is 11.0 Å². The fourth-order valence-corrected chi connectivity index (χ4v) is 2.72. The van der Waals surface area contributed by atoms with E-state index in [1.807, 2.05) is 0 Å². The topological polar surface area (TPSA) is 57.9 Å². The predicted octanol–water partition coefficient (Wildman–Crippen LogP) is 2.42. The molecule has 15 heavy (non-hydrogen) atoms. The summed E-state index contributed by atoms with van der Waals surface area (Å²) in [5.74, 6) is 0. The molecule has 0 saturated carbocycles. The highest BCUT2D eigenvalue weighted by atomic mass is 35.5. The largest absolute Gasteiger partial charge is 0.222 e. The molecule has 1 unspecified atom stereocenters. The highest BCUT2D eigenvalue weighted by Gasteiger charge is 2.25. The first kappa shape index (κ1) is 12.0. The van der Waals surface area contributed by atoms with Crippen molar-refractivity contribution >= 4 is 21.4 Å². The van der Waals surface area contributed by atoms with Crippen molar-refractivity contribution in [2.45, 2.75) is 23.5 Å². The van der Waals surface area contributed by atoms with Crippen molar-refractivity contribution in [2.24, 2.45) is 0 Å². The summed E-state index contributed by atoms with van der Waals surface area (Å²) in [5.41, 5.74) is 0. The van der Waals surface area contributed by atoms with E-state index < -0.39 is 15.1 Å². The number of rotatable bonds is 3. The van der Waals surface area contributed by atoms with E-state index >= 15 is 0 Å². The van der Waals surface area contributed by atoms with Gasteiger partial charge in [-0.15, -0.1) is 0 Å². The minimum atomic E-state index is -3.54. The van der Waals surface area contributed by atoms with Crippen molar-refractivity contribution in [3.8, 4) is 6.07 Å². The Labute approximate surface area is 94.2 Å². The maximum Gasteiger partial charge on any atom is 0.194 e. The van der Waals surface area contributed by atoms with Crippen LogP contribution in [0.25, 0.3) is 0 Å². The normalized spacial score (nSPS) is 13.1. The molecular weight excluding hydrogens is 234 g/mol. The second-order valence-corrected chi connectivity index (χ2v) is 5.59. The van der Waals surface area contributed by atoms with Gasteiger partial charge in [0.2, 0.25) is 0 Å². The number of nitrogens with zero attached hydrogens (tertiary/aromatic N) is 1. The lowest BCUT2D eigenvalue weighted by Gasteiger charge is -2.07. The predicted molar refractivity (Wildman–Crippen MR) is 58.3 cm³/mol. The van der Waals surface area contributed by atoms with Gasteiger partial charge < -0.3 is 0 Å². The van der Waals surface area contributed by atoms with E-state index in [1.54, 1.807) is 13.0 Å². The molecule has 0 saturated heterocycles. The molecule has 0 radical (unpaired) electrons. The minimum absolute atomic E-state index is 0.139. The van der Waals surface area contributed by atoms with Gasteiger partial charge in [-0.05, 0) is 30.7 Å². The molecule has 1 aromatic carbocycles. The van der Waals surface area contributed by atoms with Gasteiger partial charge >= 0.3 is 0 Å². The lowest BCUT2D eigenvalue weighted by Crippen LogP contribution is -2.18. The van der Waals surface area contributed by atoms with Crippen molar-refractivity contribution in [3.05, 3.63) is 29.3 Å². The molecule has 1 atom stereocenters. The molecule has 80 valence electrons. The van der Waals surface area contributed by atoms with Crippen molar-refractivity contribution in [1.82, 2.24) is 0 Å². The number of nitriles is 1. The molecule has 0 fully saturated rings. The summed E-state index contributed by atoms with van der Waals surface area (Å²) >= 11 is 5.65. The molecule has 0 aliphatic rings. The third-order valence-electron chi connectivity index (χ3n) is 2.03. The fourth-order valence-electron chi connectivity index (χ4n) is 1.17. The highest BCUT2D eigenvalue weighted by Crippen LogP contribution is 2.19. The van der Waals surface area contributed by atoms with Crippen LogP contribution in [-0.2, 0) is 9.84 Å². The summed E-state index contributed by atoms with van der Waals surface area (Å²) in [5, 5.41) is 8.21. The lowest BCUT2D eigenvalue weighted by molar-refractivity contribution is 0.587. The van der Waals surface area contributed by atoms with Crippen molar-refractivity contribution < 1.29 is 8.42 Å². The Kier molecular flexibility index (Phi) is 3.72.